The maximum absolute atomic E-state index is 2.67. The second-order valence-electron chi connectivity index (χ2n) is 5.98. The molecule has 0 aliphatic carbocycles. The van der Waals surface area contributed by atoms with Crippen molar-refractivity contribution in [3.8, 4) is 0 Å². The summed E-state index contributed by atoms with van der Waals surface area (Å²) in [5.74, 6) is 3.45. The van der Waals surface area contributed by atoms with Gasteiger partial charge in [0.15, 0.2) is 0 Å². The summed E-state index contributed by atoms with van der Waals surface area (Å²) in [5, 5.41) is 0. The molecular weight excluding hydrogens is 264 g/mol. The Balaban J connectivity index is 1.40. The van der Waals surface area contributed by atoms with Crippen LogP contribution in [0.4, 0.5) is 0 Å². The molecule has 2 nitrogen and oxygen atoms in total. The van der Waals surface area contributed by atoms with E-state index in [2.05, 4.69) is 51.9 Å². The molecule has 0 saturated carbocycles. The molecule has 20 heavy (non-hydrogen) atoms. The van der Waals surface area contributed by atoms with E-state index in [0.717, 1.165) is 5.92 Å². The molecule has 1 aromatic carbocycles. The Kier molecular flexibility index (Phi) is 5.40. The van der Waals surface area contributed by atoms with Crippen molar-refractivity contribution >= 4 is 11.8 Å². The fourth-order valence-electron chi connectivity index (χ4n) is 3.32. The minimum Gasteiger partial charge on any atom is -0.302 e. The van der Waals surface area contributed by atoms with E-state index in [1.165, 1.54) is 63.6 Å². The number of hydrogen-bond donors (Lipinski definition) is 0. The van der Waals surface area contributed by atoms with Crippen molar-refractivity contribution in [1.82, 2.24) is 9.80 Å². The van der Waals surface area contributed by atoms with Gasteiger partial charge in [0, 0.05) is 37.7 Å². The summed E-state index contributed by atoms with van der Waals surface area (Å²) in [6.45, 7) is 7.70. The van der Waals surface area contributed by atoms with Crippen molar-refractivity contribution in [1.29, 1.82) is 0 Å². The summed E-state index contributed by atoms with van der Waals surface area (Å²) in [4.78, 5) is 5.31. The van der Waals surface area contributed by atoms with Gasteiger partial charge in [0.25, 0.3) is 0 Å². The van der Waals surface area contributed by atoms with Gasteiger partial charge in [-0.15, -0.1) is 0 Å². The van der Waals surface area contributed by atoms with Gasteiger partial charge in [-0.2, -0.15) is 11.8 Å². The Bertz CT molecular complexity index is 381. The molecule has 2 fully saturated rings. The second-order valence-corrected chi connectivity index (χ2v) is 7.21. The molecule has 2 saturated heterocycles. The van der Waals surface area contributed by atoms with Crippen LogP contribution < -0.4 is 0 Å². The van der Waals surface area contributed by atoms with Crippen LogP contribution in [0.5, 0.6) is 0 Å². The van der Waals surface area contributed by atoms with E-state index >= 15 is 0 Å². The molecular formula is C17H26N2S. The van der Waals surface area contributed by atoms with Crippen LogP contribution >= 0.6 is 11.8 Å². The average molecular weight is 290 g/mol. The Morgan fingerprint density at radius 1 is 0.850 bits per heavy atom. The lowest BCUT2D eigenvalue weighted by atomic mass is 9.89. The lowest BCUT2D eigenvalue weighted by Crippen LogP contribution is -2.41. The second kappa shape index (κ2) is 7.48. The number of hydrogen-bond acceptors (Lipinski definition) is 3. The minimum absolute atomic E-state index is 0.791. The van der Waals surface area contributed by atoms with Gasteiger partial charge in [-0.3, -0.25) is 0 Å². The Morgan fingerprint density at radius 3 is 2.10 bits per heavy atom. The third kappa shape index (κ3) is 4.00. The van der Waals surface area contributed by atoms with E-state index in [4.69, 9.17) is 0 Å². The lowest BCUT2D eigenvalue weighted by Gasteiger charge is -2.34. The summed E-state index contributed by atoms with van der Waals surface area (Å²) in [6, 6.07) is 11.1. The van der Waals surface area contributed by atoms with Crippen LogP contribution in [0, 0.1) is 0 Å². The first-order valence-corrected chi connectivity index (χ1v) is 9.15. The molecule has 0 radical (unpaired) electrons. The van der Waals surface area contributed by atoms with Crippen molar-refractivity contribution in [2.45, 2.75) is 18.8 Å². The van der Waals surface area contributed by atoms with Gasteiger partial charge < -0.3 is 9.80 Å². The highest BCUT2D eigenvalue weighted by Crippen LogP contribution is 2.27. The first-order chi connectivity index (χ1) is 9.92. The molecule has 2 aliphatic rings. The van der Waals surface area contributed by atoms with E-state index in [0.29, 0.717) is 0 Å². The normalized spacial score (nSPS) is 23.0. The maximum Gasteiger partial charge on any atom is 0.0110 e. The van der Waals surface area contributed by atoms with Crippen LogP contribution in [0.1, 0.15) is 24.3 Å². The molecule has 3 rings (SSSR count). The zero-order valence-electron chi connectivity index (χ0n) is 12.3. The standard InChI is InChI=1S/C17H26N2S/c1-2-4-16(5-3-1)17-6-8-18(9-7-17)10-11-19-12-14-20-15-13-19/h1-5,17H,6-15H2. The highest BCUT2D eigenvalue weighted by molar-refractivity contribution is 7.99. The van der Waals surface area contributed by atoms with Crippen LogP contribution in [0.3, 0.4) is 0 Å². The van der Waals surface area contributed by atoms with Gasteiger partial charge >= 0.3 is 0 Å². The van der Waals surface area contributed by atoms with Crippen molar-refractivity contribution in [3.63, 3.8) is 0 Å². The Morgan fingerprint density at radius 2 is 1.45 bits per heavy atom. The van der Waals surface area contributed by atoms with E-state index in [-0.39, 0.29) is 0 Å². The van der Waals surface area contributed by atoms with Crippen molar-refractivity contribution in [2.75, 3.05) is 50.8 Å². The number of rotatable bonds is 4. The van der Waals surface area contributed by atoms with Gasteiger partial charge in [-0.05, 0) is 37.4 Å². The summed E-state index contributed by atoms with van der Waals surface area (Å²) >= 11 is 2.10. The SMILES string of the molecule is c1ccc(C2CCN(CCN3CCSCC3)CC2)cc1. The summed E-state index contributed by atoms with van der Waals surface area (Å²) in [7, 11) is 0. The lowest BCUT2D eigenvalue weighted by molar-refractivity contribution is 0.178. The van der Waals surface area contributed by atoms with Gasteiger partial charge in [-0.25, -0.2) is 0 Å². The molecule has 0 aromatic heterocycles. The van der Waals surface area contributed by atoms with Crippen LogP contribution in [-0.4, -0.2) is 60.6 Å². The van der Waals surface area contributed by atoms with Crippen molar-refractivity contribution in [3.05, 3.63) is 35.9 Å². The average Bonchev–Trinajstić information content (AvgIpc) is 2.55. The largest absolute Gasteiger partial charge is 0.302 e. The zero-order valence-corrected chi connectivity index (χ0v) is 13.2. The molecule has 0 bridgehead atoms. The van der Waals surface area contributed by atoms with Crippen LogP contribution in [0.15, 0.2) is 30.3 Å². The van der Waals surface area contributed by atoms with Gasteiger partial charge in [0.2, 0.25) is 0 Å². The molecule has 0 spiro atoms. The summed E-state index contributed by atoms with van der Waals surface area (Å²) in [6.07, 6.45) is 2.67. The fraction of sp³-hybridized carbons (Fsp3) is 0.647. The van der Waals surface area contributed by atoms with Crippen LogP contribution in [-0.2, 0) is 0 Å². The molecule has 0 atom stereocenters. The van der Waals surface area contributed by atoms with Crippen LogP contribution in [0.25, 0.3) is 0 Å². The number of thioether (sulfide) groups is 1. The topological polar surface area (TPSA) is 6.48 Å². The highest BCUT2D eigenvalue weighted by atomic mass is 32.2. The number of benzene rings is 1. The third-order valence-electron chi connectivity index (χ3n) is 4.69. The minimum atomic E-state index is 0.791. The van der Waals surface area contributed by atoms with Crippen molar-refractivity contribution < 1.29 is 0 Å². The van der Waals surface area contributed by atoms with Gasteiger partial charge in [-0.1, -0.05) is 30.3 Å². The predicted octanol–water partition coefficient (Wildman–Crippen LogP) is 2.91. The molecule has 3 heteroatoms. The van der Waals surface area contributed by atoms with Gasteiger partial charge in [0.05, 0.1) is 0 Å². The molecule has 110 valence electrons. The monoisotopic (exact) mass is 290 g/mol. The number of nitrogens with zero attached hydrogens (tertiary/aromatic N) is 2. The third-order valence-corrected chi connectivity index (χ3v) is 5.64. The van der Waals surface area contributed by atoms with E-state index < -0.39 is 0 Å². The molecule has 2 aliphatic heterocycles. The summed E-state index contributed by atoms with van der Waals surface area (Å²) in [5.41, 5.74) is 1.54. The molecule has 1 aromatic rings. The molecule has 0 N–H and O–H groups in total. The Hall–Kier alpha value is -0.510. The highest BCUT2D eigenvalue weighted by Gasteiger charge is 2.20. The fourth-order valence-corrected chi connectivity index (χ4v) is 4.30. The zero-order chi connectivity index (χ0) is 13.6. The predicted molar refractivity (Wildman–Crippen MR) is 88.6 cm³/mol. The first-order valence-electron chi connectivity index (χ1n) is 7.99. The maximum atomic E-state index is 2.67. The number of piperidine rings is 1. The van der Waals surface area contributed by atoms with E-state index in [9.17, 15) is 0 Å². The van der Waals surface area contributed by atoms with E-state index in [1.54, 1.807) is 5.56 Å². The van der Waals surface area contributed by atoms with Crippen LogP contribution in [0.2, 0.25) is 0 Å². The van der Waals surface area contributed by atoms with E-state index in [1.807, 2.05) is 0 Å². The first kappa shape index (κ1) is 14.4. The Labute approximate surface area is 127 Å². The summed E-state index contributed by atoms with van der Waals surface area (Å²) < 4.78 is 0. The molecule has 0 amide bonds. The number of likely N-dealkylation sites (tertiary alicyclic amines) is 1. The quantitative estimate of drug-likeness (QED) is 0.842. The molecule has 0 unspecified atom stereocenters. The molecule has 2 heterocycles. The van der Waals surface area contributed by atoms with Crippen molar-refractivity contribution in [2.24, 2.45) is 0 Å². The smallest absolute Gasteiger partial charge is 0.0110 e. The van der Waals surface area contributed by atoms with Gasteiger partial charge in [0.1, 0.15) is 0 Å².